The summed E-state index contributed by atoms with van der Waals surface area (Å²) in [5.74, 6) is -0.513. The molecule has 0 aliphatic carbocycles. The first-order valence-electron chi connectivity index (χ1n) is 5.38. The fourth-order valence-electron chi connectivity index (χ4n) is 1.17. The summed E-state index contributed by atoms with van der Waals surface area (Å²) < 4.78 is 0. The van der Waals surface area contributed by atoms with Crippen LogP contribution < -0.4 is 5.32 Å². The molecular formula is C12H18N2O2. The molecule has 0 fully saturated rings. The van der Waals surface area contributed by atoms with E-state index in [0.717, 1.165) is 6.42 Å². The van der Waals surface area contributed by atoms with E-state index in [4.69, 9.17) is 5.11 Å². The maximum Gasteiger partial charge on any atom is 0.339 e. The highest BCUT2D eigenvalue weighted by molar-refractivity contribution is 5.92. The van der Waals surface area contributed by atoms with E-state index in [-0.39, 0.29) is 11.0 Å². The molecule has 1 aromatic rings. The SMILES string of the molecule is CCC(C)(C)CNc1ncccc1C(=O)O. The summed E-state index contributed by atoms with van der Waals surface area (Å²) in [6, 6.07) is 3.18. The molecule has 0 aliphatic heterocycles. The Hall–Kier alpha value is -1.58. The van der Waals surface area contributed by atoms with Crippen molar-refractivity contribution in [2.75, 3.05) is 11.9 Å². The van der Waals surface area contributed by atoms with E-state index in [1.165, 1.54) is 0 Å². The zero-order valence-corrected chi connectivity index (χ0v) is 9.95. The zero-order chi connectivity index (χ0) is 12.2. The number of nitrogens with zero attached hydrogens (tertiary/aromatic N) is 1. The van der Waals surface area contributed by atoms with Gasteiger partial charge in [0.15, 0.2) is 0 Å². The number of carboxylic acids is 1. The van der Waals surface area contributed by atoms with Gasteiger partial charge in [-0.2, -0.15) is 0 Å². The second kappa shape index (κ2) is 4.96. The summed E-state index contributed by atoms with van der Waals surface area (Å²) in [4.78, 5) is 15.0. The van der Waals surface area contributed by atoms with Gasteiger partial charge >= 0.3 is 5.97 Å². The molecule has 2 N–H and O–H groups in total. The molecule has 0 saturated heterocycles. The highest BCUT2D eigenvalue weighted by Crippen LogP contribution is 2.21. The molecule has 0 saturated carbocycles. The molecule has 0 spiro atoms. The van der Waals surface area contributed by atoms with E-state index in [0.29, 0.717) is 12.4 Å². The van der Waals surface area contributed by atoms with Crippen LogP contribution in [0.2, 0.25) is 0 Å². The van der Waals surface area contributed by atoms with Crippen LogP contribution in [0.5, 0.6) is 0 Å². The highest BCUT2D eigenvalue weighted by atomic mass is 16.4. The molecule has 0 unspecified atom stereocenters. The lowest BCUT2D eigenvalue weighted by Crippen LogP contribution is -2.23. The van der Waals surface area contributed by atoms with Gasteiger partial charge in [0.2, 0.25) is 0 Å². The van der Waals surface area contributed by atoms with E-state index < -0.39 is 5.97 Å². The number of hydrogen-bond donors (Lipinski definition) is 2. The van der Waals surface area contributed by atoms with Crippen LogP contribution in [0.15, 0.2) is 18.3 Å². The third-order valence-corrected chi connectivity index (χ3v) is 2.73. The van der Waals surface area contributed by atoms with Crippen molar-refractivity contribution < 1.29 is 9.90 Å². The second-order valence-electron chi connectivity index (χ2n) is 4.58. The first-order chi connectivity index (χ1) is 7.46. The number of nitrogens with one attached hydrogen (secondary N) is 1. The number of hydrogen-bond acceptors (Lipinski definition) is 3. The largest absolute Gasteiger partial charge is 0.478 e. The molecule has 1 rings (SSSR count). The Morgan fingerprint density at radius 3 is 2.81 bits per heavy atom. The summed E-state index contributed by atoms with van der Waals surface area (Å²) in [5, 5.41) is 12.1. The molecule has 1 heterocycles. The van der Waals surface area contributed by atoms with Gasteiger partial charge < -0.3 is 10.4 Å². The van der Waals surface area contributed by atoms with Crippen LogP contribution in [-0.4, -0.2) is 22.6 Å². The lowest BCUT2D eigenvalue weighted by Gasteiger charge is -2.23. The number of aromatic nitrogens is 1. The van der Waals surface area contributed by atoms with Gasteiger partial charge in [-0.25, -0.2) is 9.78 Å². The van der Waals surface area contributed by atoms with Crippen LogP contribution in [-0.2, 0) is 0 Å². The molecule has 0 aliphatic rings. The van der Waals surface area contributed by atoms with Gasteiger partial charge in [-0.05, 0) is 24.0 Å². The van der Waals surface area contributed by atoms with Crippen molar-refractivity contribution in [3.8, 4) is 0 Å². The predicted octanol–water partition coefficient (Wildman–Crippen LogP) is 2.63. The van der Waals surface area contributed by atoms with Crippen molar-refractivity contribution in [2.24, 2.45) is 5.41 Å². The predicted molar refractivity (Wildman–Crippen MR) is 63.8 cm³/mol. The zero-order valence-electron chi connectivity index (χ0n) is 9.95. The summed E-state index contributed by atoms with van der Waals surface area (Å²) in [7, 11) is 0. The molecule has 88 valence electrons. The minimum atomic E-state index is -0.954. The maximum absolute atomic E-state index is 10.9. The van der Waals surface area contributed by atoms with Crippen molar-refractivity contribution >= 4 is 11.8 Å². The van der Waals surface area contributed by atoms with Crippen molar-refractivity contribution in [1.82, 2.24) is 4.98 Å². The molecule has 1 aromatic heterocycles. The quantitative estimate of drug-likeness (QED) is 0.804. The normalized spacial score (nSPS) is 11.2. The van der Waals surface area contributed by atoms with Gasteiger partial charge in [-0.15, -0.1) is 0 Å². The summed E-state index contributed by atoms with van der Waals surface area (Å²) in [6.07, 6.45) is 2.61. The van der Waals surface area contributed by atoms with Crippen molar-refractivity contribution in [3.05, 3.63) is 23.9 Å². The summed E-state index contributed by atoms with van der Waals surface area (Å²) in [5.41, 5.74) is 0.349. The Kier molecular flexibility index (Phi) is 3.88. The molecule has 4 heteroatoms. The Morgan fingerprint density at radius 2 is 2.25 bits per heavy atom. The molecule has 0 aromatic carbocycles. The Balaban J connectivity index is 2.78. The van der Waals surface area contributed by atoms with E-state index in [1.54, 1.807) is 18.3 Å². The summed E-state index contributed by atoms with van der Waals surface area (Å²) in [6.45, 7) is 7.08. The van der Waals surface area contributed by atoms with Crippen LogP contribution in [0.3, 0.4) is 0 Å². The number of rotatable bonds is 5. The Bertz CT molecular complexity index is 375. The molecular weight excluding hydrogens is 204 g/mol. The van der Waals surface area contributed by atoms with Crippen LogP contribution in [0.25, 0.3) is 0 Å². The molecule has 16 heavy (non-hydrogen) atoms. The number of pyridine rings is 1. The third kappa shape index (κ3) is 3.22. The lowest BCUT2D eigenvalue weighted by atomic mass is 9.90. The molecule has 4 nitrogen and oxygen atoms in total. The summed E-state index contributed by atoms with van der Waals surface area (Å²) >= 11 is 0. The molecule has 0 atom stereocenters. The van der Waals surface area contributed by atoms with Gasteiger partial charge in [-0.3, -0.25) is 0 Å². The first kappa shape index (κ1) is 12.5. The molecule has 0 amide bonds. The van der Waals surface area contributed by atoms with Gasteiger partial charge in [0.1, 0.15) is 11.4 Å². The van der Waals surface area contributed by atoms with Crippen LogP contribution in [0, 0.1) is 5.41 Å². The van der Waals surface area contributed by atoms with Crippen LogP contribution in [0.1, 0.15) is 37.6 Å². The number of carbonyl (C=O) groups is 1. The van der Waals surface area contributed by atoms with Crippen LogP contribution in [0.4, 0.5) is 5.82 Å². The highest BCUT2D eigenvalue weighted by Gasteiger charge is 2.17. The smallest absolute Gasteiger partial charge is 0.339 e. The lowest BCUT2D eigenvalue weighted by molar-refractivity contribution is 0.0697. The number of carboxylic acid groups (broad SMARTS) is 1. The van der Waals surface area contributed by atoms with Gasteiger partial charge in [0.05, 0.1) is 0 Å². The van der Waals surface area contributed by atoms with Crippen molar-refractivity contribution in [1.29, 1.82) is 0 Å². The van der Waals surface area contributed by atoms with Crippen molar-refractivity contribution in [3.63, 3.8) is 0 Å². The van der Waals surface area contributed by atoms with E-state index in [9.17, 15) is 4.79 Å². The number of aromatic carboxylic acids is 1. The van der Waals surface area contributed by atoms with Gasteiger partial charge in [0.25, 0.3) is 0 Å². The monoisotopic (exact) mass is 222 g/mol. The van der Waals surface area contributed by atoms with Gasteiger partial charge in [-0.1, -0.05) is 20.8 Å². The fourth-order valence-corrected chi connectivity index (χ4v) is 1.17. The van der Waals surface area contributed by atoms with E-state index >= 15 is 0 Å². The van der Waals surface area contributed by atoms with E-state index in [2.05, 4.69) is 31.1 Å². The third-order valence-electron chi connectivity index (χ3n) is 2.73. The minimum Gasteiger partial charge on any atom is -0.478 e. The minimum absolute atomic E-state index is 0.132. The Morgan fingerprint density at radius 1 is 1.56 bits per heavy atom. The maximum atomic E-state index is 10.9. The van der Waals surface area contributed by atoms with Gasteiger partial charge in [0, 0.05) is 12.7 Å². The number of anilines is 1. The first-order valence-corrected chi connectivity index (χ1v) is 5.38. The van der Waals surface area contributed by atoms with E-state index in [1.807, 2.05) is 0 Å². The average molecular weight is 222 g/mol. The van der Waals surface area contributed by atoms with Crippen molar-refractivity contribution in [2.45, 2.75) is 27.2 Å². The average Bonchev–Trinajstić information content (AvgIpc) is 2.27. The Labute approximate surface area is 95.7 Å². The second-order valence-corrected chi connectivity index (χ2v) is 4.58. The molecule has 0 radical (unpaired) electrons. The van der Waals surface area contributed by atoms with Crippen LogP contribution >= 0.6 is 0 Å². The topological polar surface area (TPSA) is 62.2 Å². The standard InChI is InChI=1S/C12H18N2O2/c1-4-12(2,3)8-14-10-9(11(15)16)6-5-7-13-10/h5-7H,4,8H2,1-3H3,(H,13,14)(H,15,16). The fraction of sp³-hybridized carbons (Fsp3) is 0.500. The molecule has 0 bridgehead atoms.